The molecule has 0 amide bonds. The summed E-state index contributed by atoms with van der Waals surface area (Å²) in [7, 11) is 0. The SMILES string of the molecule is C=C1NC(N)=Nc2c1ncn2[C@@H]1OC([C@H](C)O)C(O)[C@]1(N)C#CCF. The van der Waals surface area contributed by atoms with Gasteiger partial charge in [0, 0.05) is 0 Å². The second kappa shape index (κ2) is 6.12. The number of nitrogens with zero attached hydrogens (tertiary/aromatic N) is 3. The van der Waals surface area contributed by atoms with E-state index in [-0.39, 0.29) is 5.96 Å². The number of halogens is 1. The molecule has 0 aliphatic carbocycles. The molecular weight excluding hydrogens is 331 g/mol. The molecule has 5 atom stereocenters. The molecule has 1 saturated heterocycles. The van der Waals surface area contributed by atoms with Crippen molar-refractivity contribution in [1.29, 1.82) is 0 Å². The lowest BCUT2D eigenvalue weighted by Gasteiger charge is -2.28. The molecule has 9 nitrogen and oxygen atoms in total. The van der Waals surface area contributed by atoms with Crippen molar-refractivity contribution in [2.45, 2.75) is 37.0 Å². The Morgan fingerprint density at radius 1 is 1.64 bits per heavy atom. The van der Waals surface area contributed by atoms with E-state index in [0.717, 1.165) is 0 Å². The number of imidazole rings is 1. The van der Waals surface area contributed by atoms with Gasteiger partial charge in [-0.25, -0.2) is 9.37 Å². The van der Waals surface area contributed by atoms with E-state index in [0.29, 0.717) is 17.2 Å². The van der Waals surface area contributed by atoms with Crippen LogP contribution in [0.4, 0.5) is 10.2 Å². The van der Waals surface area contributed by atoms with Gasteiger partial charge in [0.2, 0.25) is 0 Å². The van der Waals surface area contributed by atoms with Crippen molar-refractivity contribution in [2.24, 2.45) is 16.5 Å². The van der Waals surface area contributed by atoms with Crippen LogP contribution in [-0.4, -0.2) is 56.2 Å². The molecule has 10 heteroatoms. The van der Waals surface area contributed by atoms with Gasteiger partial charge in [0.05, 0.1) is 18.1 Å². The highest BCUT2D eigenvalue weighted by Gasteiger charge is 2.56. The summed E-state index contributed by atoms with van der Waals surface area (Å²) < 4.78 is 19.7. The van der Waals surface area contributed by atoms with Crippen LogP contribution in [0.25, 0.3) is 5.70 Å². The zero-order valence-electron chi connectivity index (χ0n) is 13.5. The average molecular weight is 350 g/mol. The number of alkyl halides is 1. The number of hydrogen-bond donors (Lipinski definition) is 5. The van der Waals surface area contributed by atoms with Gasteiger partial charge in [-0.05, 0) is 6.92 Å². The molecule has 0 aromatic carbocycles. The molecule has 7 N–H and O–H groups in total. The Balaban J connectivity index is 2.11. The van der Waals surface area contributed by atoms with Crippen LogP contribution in [-0.2, 0) is 4.74 Å². The second-order valence-electron chi connectivity index (χ2n) is 5.93. The van der Waals surface area contributed by atoms with Crippen LogP contribution in [0.3, 0.4) is 0 Å². The Labute approximate surface area is 143 Å². The molecule has 2 unspecified atom stereocenters. The Morgan fingerprint density at radius 3 is 3.00 bits per heavy atom. The zero-order chi connectivity index (χ0) is 18.4. The molecule has 0 bridgehead atoms. The van der Waals surface area contributed by atoms with Crippen molar-refractivity contribution in [1.82, 2.24) is 14.9 Å². The van der Waals surface area contributed by atoms with Gasteiger partial charge < -0.3 is 31.7 Å². The first-order valence-corrected chi connectivity index (χ1v) is 7.53. The molecule has 1 fully saturated rings. The third-order valence-electron chi connectivity index (χ3n) is 4.15. The second-order valence-corrected chi connectivity index (χ2v) is 5.93. The highest BCUT2D eigenvalue weighted by Crippen LogP contribution is 2.41. The molecule has 25 heavy (non-hydrogen) atoms. The van der Waals surface area contributed by atoms with Crippen LogP contribution in [0.2, 0.25) is 0 Å². The summed E-state index contributed by atoms with van der Waals surface area (Å²) in [5, 5.41) is 23.1. The van der Waals surface area contributed by atoms with Gasteiger partial charge in [0.25, 0.3) is 0 Å². The van der Waals surface area contributed by atoms with Crippen LogP contribution in [0, 0.1) is 11.8 Å². The molecule has 1 aromatic rings. The van der Waals surface area contributed by atoms with Crippen LogP contribution in [0.15, 0.2) is 17.9 Å². The number of aromatic nitrogens is 2. The van der Waals surface area contributed by atoms with Crippen LogP contribution >= 0.6 is 0 Å². The summed E-state index contributed by atoms with van der Waals surface area (Å²) in [4.78, 5) is 8.36. The Morgan fingerprint density at radius 2 is 2.36 bits per heavy atom. The summed E-state index contributed by atoms with van der Waals surface area (Å²) in [6, 6.07) is 0. The fourth-order valence-electron chi connectivity index (χ4n) is 2.95. The maximum atomic E-state index is 12.6. The van der Waals surface area contributed by atoms with E-state index >= 15 is 0 Å². The number of nitrogens with two attached hydrogens (primary N) is 2. The molecular formula is C15H19FN6O3. The number of fused-ring (bicyclic) bond motifs is 1. The minimum Gasteiger partial charge on any atom is -0.391 e. The molecule has 1 aromatic heterocycles. The number of rotatable bonds is 2. The first kappa shape index (κ1) is 17.4. The van der Waals surface area contributed by atoms with E-state index in [1.165, 1.54) is 17.8 Å². The predicted molar refractivity (Wildman–Crippen MR) is 87.9 cm³/mol. The number of hydrogen-bond acceptors (Lipinski definition) is 8. The van der Waals surface area contributed by atoms with Crippen molar-refractivity contribution in [3.8, 4) is 11.8 Å². The standard InChI is InChI=1S/C15H19FN6O3/c1-7-9-12(21-14(17)20-7)22(6-19-9)13-15(18,4-3-5-16)11(24)10(25-13)8(2)23/h6,8,10-11,13,23-24H,1,5,18H2,2H3,(H3,17,20,21)/t8-,10?,11?,13+,15+/m0/s1. The third-order valence-corrected chi connectivity index (χ3v) is 4.15. The molecule has 0 saturated carbocycles. The topological polar surface area (TPSA) is 144 Å². The Hall–Kier alpha value is -2.45. The lowest BCUT2D eigenvalue weighted by Crippen LogP contribution is -2.54. The number of aliphatic hydroxyl groups is 2. The molecule has 134 valence electrons. The Bertz CT molecular complexity index is 795. The number of ether oxygens (including phenoxy) is 1. The zero-order valence-corrected chi connectivity index (χ0v) is 13.5. The van der Waals surface area contributed by atoms with E-state index in [1.807, 2.05) is 0 Å². The molecule has 0 radical (unpaired) electrons. The van der Waals surface area contributed by atoms with Crippen LogP contribution in [0.5, 0.6) is 0 Å². The number of nitrogens with one attached hydrogen (secondary N) is 1. The van der Waals surface area contributed by atoms with E-state index in [9.17, 15) is 14.6 Å². The third kappa shape index (κ3) is 2.67. The summed E-state index contributed by atoms with van der Waals surface area (Å²) in [5.74, 6) is 5.14. The van der Waals surface area contributed by atoms with Crippen molar-refractivity contribution < 1.29 is 19.3 Å². The maximum absolute atomic E-state index is 12.6. The molecule has 3 heterocycles. The molecule has 3 rings (SSSR count). The fourth-order valence-corrected chi connectivity index (χ4v) is 2.95. The first-order chi connectivity index (χ1) is 11.8. The normalized spacial score (nSPS) is 32.3. The van der Waals surface area contributed by atoms with Crippen molar-refractivity contribution >= 4 is 17.5 Å². The monoisotopic (exact) mass is 350 g/mol. The van der Waals surface area contributed by atoms with Gasteiger partial charge in [0.1, 0.15) is 24.6 Å². The van der Waals surface area contributed by atoms with E-state index in [1.54, 1.807) is 0 Å². The highest BCUT2D eigenvalue weighted by molar-refractivity contribution is 5.93. The molecule has 0 spiro atoms. The van der Waals surface area contributed by atoms with Gasteiger partial charge in [-0.3, -0.25) is 4.57 Å². The van der Waals surface area contributed by atoms with E-state index in [2.05, 4.69) is 33.7 Å². The summed E-state index contributed by atoms with van der Waals surface area (Å²) in [6.45, 7) is 4.31. The van der Waals surface area contributed by atoms with Gasteiger partial charge in [-0.15, -0.1) is 0 Å². The number of guanidine groups is 1. The van der Waals surface area contributed by atoms with E-state index in [4.69, 9.17) is 16.2 Å². The summed E-state index contributed by atoms with van der Waals surface area (Å²) >= 11 is 0. The van der Waals surface area contributed by atoms with Gasteiger partial charge >= 0.3 is 0 Å². The van der Waals surface area contributed by atoms with Crippen molar-refractivity contribution in [2.75, 3.05) is 6.67 Å². The number of aliphatic hydroxyl groups excluding tert-OH is 2. The van der Waals surface area contributed by atoms with Crippen molar-refractivity contribution in [3.05, 3.63) is 18.6 Å². The summed E-state index contributed by atoms with van der Waals surface area (Å²) in [5.41, 5.74) is 11.2. The van der Waals surface area contributed by atoms with Crippen LogP contribution in [0.1, 0.15) is 18.8 Å². The van der Waals surface area contributed by atoms with Crippen LogP contribution < -0.4 is 16.8 Å². The lowest BCUT2D eigenvalue weighted by molar-refractivity contribution is -0.0761. The fraction of sp³-hybridized carbons (Fsp3) is 0.467. The number of aliphatic imine (C=N–C) groups is 1. The molecule has 2 aliphatic heterocycles. The minimum atomic E-state index is -1.68. The van der Waals surface area contributed by atoms with Gasteiger partial charge in [-0.2, -0.15) is 4.99 Å². The predicted octanol–water partition coefficient (Wildman–Crippen LogP) is -1.29. The van der Waals surface area contributed by atoms with Gasteiger partial charge in [-0.1, -0.05) is 18.4 Å². The Kier molecular flexibility index (Phi) is 4.26. The lowest BCUT2D eigenvalue weighted by atomic mass is 9.90. The quantitative estimate of drug-likeness (QED) is 0.418. The average Bonchev–Trinajstić information content (AvgIpc) is 3.06. The highest BCUT2D eigenvalue weighted by atomic mass is 19.1. The van der Waals surface area contributed by atoms with Crippen molar-refractivity contribution in [3.63, 3.8) is 0 Å². The summed E-state index contributed by atoms with van der Waals surface area (Å²) in [6.07, 6.45) is -3.09. The van der Waals surface area contributed by atoms with E-state index < -0.39 is 36.8 Å². The largest absolute Gasteiger partial charge is 0.391 e. The minimum absolute atomic E-state index is 0.0994. The molecule has 2 aliphatic rings. The van der Waals surface area contributed by atoms with Gasteiger partial charge in [0.15, 0.2) is 23.5 Å². The maximum Gasteiger partial charge on any atom is 0.199 e. The first-order valence-electron chi connectivity index (χ1n) is 7.53. The smallest absolute Gasteiger partial charge is 0.199 e.